The normalized spacial score (nSPS) is 11.6. The van der Waals surface area contributed by atoms with Crippen LogP contribution in [-0.2, 0) is 12.8 Å². The third-order valence-electron chi connectivity index (χ3n) is 4.06. The predicted molar refractivity (Wildman–Crippen MR) is 103 cm³/mol. The van der Waals surface area contributed by atoms with Crippen LogP contribution < -0.4 is 10.1 Å². The Kier molecular flexibility index (Phi) is 6.25. The summed E-state index contributed by atoms with van der Waals surface area (Å²) in [4.78, 5) is 12.5. The number of alkyl halides is 3. The summed E-state index contributed by atoms with van der Waals surface area (Å²) in [6.07, 6.45) is -4.55. The average Bonchev–Trinajstić information content (AvgIpc) is 3.16. The van der Waals surface area contributed by atoms with Gasteiger partial charge in [0.15, 0.2) is 5.82 Å². The van der Waals surface area contributed by atoms with Crippen molar-refractivity contribution in [1.29, 1.82) is 0 Å². The van der Waals surface area contributed by atoms with Gasteiger partial charge in [0.1, 0.15) is 12.4 Å². The molecule has 11 heteroatoms. The molecule has 0 radical (unpaired) electrons. The molecule has 1 aromatic heterocycles. The maximum absolute atomic E-state index is 12.9. The van der Waals surface area contributed by atoms with E-state index in [1.165, 1.54) is 12.1 Å². The van der Waals surface area contributed by atoms with Gasteiger partial charge in [0.25, 0.3) is 5.91 Å². The fourth-order valence-electron chi connectivity index (χ4n) is 2.58. The molecular weight excluding hydrogens is 423 g/mol. The van der Waals surface area contributed by atoms with E-state index in [0.29, 0.717) is 11.6 Å². The Hall–Kier alpha value is -3.14. The number of tetrazole rings is 1. The van der Waals surface area contributed by atoms with Gasteiger partial charge in [-0.15, -0.1) is 5.10 Å². The van der Waals surface area contributed by atoms with Gasteiger partial charge in [0.2, 0.25) is 0 Å². The van der Waals surface area contributed by atoms with E-state index < -0.39 is 17.6 Å². The van der Waals surface area contributed by atoms with Crippen LogP contribution in [0.3, 0.4) is 0 Å². The molecule has 1 N–H and O–H groups in total. The molecule has 0 saturated heterocycles. The molecule has 2 aromatic carbocycles. The maximum atomic E-state index is 12.9. The first-order valence-electron chi connectivity index (χ1n) is 8.83. The van der Waals surface area contributed by atoms with Gasteiger partial charge in [-0.25, -0.2) is 4.68 Å². The third-order valence-corrected chi connectivity index (χ3v) is 4.39. The minimum Gasteiger partial charge on any atom is -0.486 e. The molecule has 0 aliphatic carbocycles. The van der Waals surface area contributed by atoms with Crippen molar-refractivity contribution in [2.24, 2.45) is 0 Å². The van der Waals surface area contributed by atoms with Gasteiger partial charge in [-0.2, -0.15) is 13.2 Å². The van der Waals surface area contributed by atoms with Gasteiger partial charge < -0.3 is 10.1 Å². The molecule has 1 heterocycles. The number of nitrogens with one attached hydrogen (secondary N) is 1. The molecule has 0 atom stereocenters. The zero-order chi connectivity index (χ0) is 21.9. The number of benzene rings is 2. The minimum absolute atomic E-state index is 0.00993. The number of rotatable bonds is 6. The lowest BCUT2D eigenvalue weighted by molar-refractivity contribution is -0.137. The number of amides is 1. The highest BCUT2D eigenvalue weighted by Gasteiger charge is 2.31. The summed E-state index contributed by atoms with van der Waals surface area (Å²) in [6.45, 7) is 3.92. The maximum Gasteiger partial charge on any atom is 0.416 e. The van der Waals surface area contributed by atoms with Crippen molar-refractivity contribution in [3.63, 3.8) is 0 Å². The molecule has 0 aliphatic heterocycles. The number of halogens is 4. The highest BCUT2D eigenvalue weighted by atomic mass is 35.5. The van der Waals surface area contributed by atoms with Crippen LogP contribution in [0.4, 0.5) is 18.9 Å². The Balaban J connectivity index is 1.73. The van der Waals surface area contributed by atoms with Crippen LogP contribution >= 0.6 is 11.6 Å². The number of carbonyl (C=O) groups excluding carboxylic acids is 1. The van der Waals surface area contributed by atoms with Gasteiger partial charge in [0.05, 0.1) is 22.3 Å². The molecular formula is C19H17ClF3N5O2. The minimum atomic E-state index is -4.55. The van der Waals surface area contributed by atoms with E-state index in [2.05, 4.69) is 20.8 Å². The second kappa shape index (κ2) is 8.70. The quantitative estimate of drug-likeness (QED) is 0.599. The Labute approximate surface area is 174 Å². The van der Waals surface area contributed by atoms with Crippen molar-refractivity contribution in [2.75, 3.05) is 5.32 Å². The summed E-state index contributed by atoms with van der Waals surface area (Å²) in [7, 11) is 0. The van der Waals surface area contributed by atoms with E-state index in [9.17, 15) is 18.0 Å². The zero-order valence-corrected chi connectivity index (χ0v) is 16.7. The molecule has 0 bridgehead atoms. The van der Waals surface area contributed by atoms with Crippen molar-refractivity contribution < 1.29 is 22.7 Å². The number of ether oxygens (including phenoxy) is 1. The summed E-state index contributed by atoms with van der Waals surface area (Å²) < 4.78 is 46.0. The van der Waals surface area contributed by atoms with Gasteiger partial charge >= 0.3 is 6.18 Å². The standard InChI is InChI=1S/C19H17ClF3N5O2/c1-11(2)28-17(25-26-27-28)10-30-14-5-3-4-12(8-14)18(29)24-16-9-13(19(21,22)23)6-7-15(16)20/h3-9,11H,10H2,1-2H3,(H,24,29). The summed E-state index contributed by atoms with van der Waals surface area (Å²) in [5.74, 6) is 0.250. The van der Waals surface area contributed by atoms with Crippen LogP contribution in [0.15, 0.2) is 42.5 Å². The van der Waals surface area contributed by atoms with Crippen LogP contribution in [0.25, 0.3) is 0 Å². The molecule has 3 aromatic rings. The van der Waals surface area contributed by atoms with Crippen molar-refractivity contribution in [3.8, 4) is 5.75 Å². The molecule has 7 nitrogen and oxygen atoms in total. The smallest absolute Gasteiger partial charge is 0.416 e. The highest BCUT2D eigenvalue weighted by molar-refractivity contribution is 6.34. The first-order valence-corrected chi connectivity index (χ1v) is 9.20. The fourth-order valence-corrected chi connectivity index (χ4v) is 2.74. The molecule has 158 valence electrons. The second-order valence-corrected chi connectivity index (χ2v) is 7.00. The van der Waals surface area contributed by atoms with E-state index in [1.54, 1.807) is 16.8 Å². The summed E-state index contributed by atoms with van der Waals surface area (Å²) in [5, 5.41) is 13.8. The van der Waals surface area contributed by atoms with Crippen molar-refractivity contribution in [2.45, 2.75) is 32.7 Å². The lowest BCUT2D eigenvalue weighted by atomic mass is 10.1. The van der Waals surface area contributed by atoms with E-state index in [1.807, 2.05) is 13.8 Å². The molecule has 1 amide bonds. The number of aromatic nitrogens is 4. The molecule has 30 heavy (non-hydrogen) atoms. The molecule has 0 fully saturated rings. The third kappa shape index (κ3) is 5.07. The Morgan fingerprint density at radius 1 is 1.23 bits per heavy atom. The Morgan fingerprint density at radius 2 is 2.00 bits per heavy atom. The number of carbonyl (C=O) groups is 1. The molecule has 0 aliphatic rings. The molecule has 0 unspecified atom stereocenters. The first-order chi connectivity index (χ1) is 14.1. The van der Waals surface area contributed by atoms with E-state index in [0.717, 1.165) is 18.2 Å². The molecule has 0 spiro atoms. The zero-order valence-electron chi connectivity index (χ0n) is 15.9. The van der Waals surface area contributed by atoms with Crippen LogP contribution in [0.1, 0.15) is 41.6 Å². The second-order valence-electron chi connectivity index (χ2n) is 6.60. The average molecular weight is 440 g/mol. The first kappa shape index (κ1) is 21.6. The fraction of sp³-hybridized carbons (Fsp3) is 0.263. The van der Waals surface area contributed by atoms with Crippen LogP contribution in [-0.4, -0.2) is 26.1 Å². The van der Waals surface area contributed by atoms with E-state index in [4.69, 9.17) is 16.3 Å². The lowest BCUT2D eigenvalue weighted by Crippen LogP contribution is -2.14. The van der Waals surface area contributed by atoms with Gasteiger partial charge in [-0.05, 0) is 60.7 Å². The molecule has 3 rings (SSSR count). The largest absolute Gasteiger partial charge is 0.486 e. The Bertz CT molecular complexity index is 1050. The van der Waals surface area contributed by atoms with Crippen molar-refractivity contribution in [1.82, 2.24) is 20.2 Å². The van der Waals surface area contributed by atoms with Gasteiger partial charge in [0, 0.05) is 5.56 Å². The lowest BCUT2D eigenvalue weighted by Gasteiger charge is -2.12. The topological polar surface area (TPSA) is 81.9 Å². The summed E-state index contributed by atoms with van der Waals surface area (Å²) >= 11 is 5.93. The SMILES string of the molecule is CC(C)n1nnnc1COc1cccc(C(=O)Nc2cc(C(F)(F)F)ccc2Cl)c1. The summed E-state index contributed by atoms with van der Waals surface area (Å²) in [5.41, 5.74) is -0.870. The van der Waals surface area contributed by atoms with Crippen molar-refractivity contribution in [3.05, 3.63) is 64.4 Å². The number of nitrogens with zero attached hydrogens (tertiary/aromatic N) is 4. The number of hydrogen-bond donors (Lipinski definition) is 1. The van der Waals surface area contributed by atoms with E-state index in [-0.39, 0.29) is 28.9 Å². The van der Waals surface area contributed by atoms with Crippen molar-refractivity contribution >= 4 is 23.2 Å². The number of anilines is 1. The van der Waals surface area contributed by atoms with Crippen LogP contribution in [0, 0.1) is 0 Å². The van der Waals surface area contributed by atoms with Gasteiger partial charge in [-0.3, -0.25) is 4.79 Å². The molecule has 0 saturated carbocycles. The summed E-state index contributed by atoms with van der Waals surface area (Å²) in [6, 6.07) is 8.94. The highest BCUT2D eigenvalue weighted by Crippen LogP contribution is 2.34. The van der Waals surface area contributed by atoms with Crippen LogP contribution in [0.2, 0.25) is 5.02 Å². The number of hydrogen-bond acceptors (Lipinski definition) is 5. The Morgan fingerprint density at radius 3 is 2.70 bits per heavy atom. The predicted octanol–water partition coefficient (Wildman–Crippen LogP) is 4.76. The van der Waals surface area contributed by atoms with Gasteiger partial charge in [-0.1, -0.05) is 17.7 Å². The van der Waals surface area contributed by atoms with E-state index >= 15 is 0 Å². The monoisotopic (exact) mass is 439 g/mol. The van der Waals surface area contributed by atoms with Crippen LogP contribution in [0.5, 0.6) is 5.75 Å².